The van der Waals surface area contributed by atoms with Crippen LogP contribution < -0.4 is 0 Å². The predicted molar refractivity (Wildman–Crippen MR) is 35.2 cm³/mol. The summed E-state index contributed by atoms with van der Waals surface area (Å²) in [4.78, 5) is 0. The molecule has 0 bridgehead atoms. The zero-order valence-corrected chi connectivity index (χ0v) is 5.32. The maximum absolute atomic E-state index is 3.46. The summed E-state index contributed by atoms with van der Waals surface area (Å²) in [5.41, 5.74) is 0. The molecule has 0 fully saturated rings. The summed E-state index contributed by atoms with van der Waals surface area (Å²) in [5.74, 6) is 0. The Kier molecular flexibility index (Phi) is 4.53. The first-order chi connectivity index (χ1) is 4.00. The Morgan fingerprint density at radius 2 is 1.22 bits per heavy atom. The van der Waals surface area contributed by atoms with Crippen molar-refractivity contribution < 1.29 is 0 Å². The Morgan fingerprint density at radius 1 is 0.778 bits per heavy atom. The molecule has 1 aliphatic rings. The maximum atomic E-state index is 3.46. The van der Waals surface area contributed by atoms with Gasteiger partial charge in [0.15, 0.2) is 0 Å². The van der Waals surface area contributed by atoms with Gasteiger partial charge in [-0.15, -0.1) is 22.6 Å². The van der Waals surface area contributed by atoms with Crippen LogP contribution in [-0.2, 0) is 0 Å². The molecule has 0 amide bonds. The highest BCUT2D eigenvalue weighted by atomic mass is 35.5. The van der Waals surface area contributed by atoms with E-state index >= 15 is 0 Å². The average molecular weight is 145 g/mol. The lowest BCUT2D eigenvalue weighted by Gasteiger charge is -1.75. The molecule has 48 valence electrons. The van der Waals surface area contributed by atoms with Gasteiger partial charge in [-0.1, -0.05) is 0 Å². The van der Waals surface area contributed by atoms with E-state index in [4.69, 9.17) is 0 Å². The van der Waals surface area contributed by atoms with Crippen LogP contribution >= 0.6 is 12.4 Å². The third kappa shape index (κ3) is 3.54. The van der Waals surface area contributed by atoms with Crippen LogP contribution in [0.1, 0.15) is 0 Å². The fraction of sp³-hybridized carbons (Fsp3) is 0. The maximum Gasteiger partial charge on any atom is 0.0515 e. The Morgan fingerprint density at radius 3 is 1.67 bits per heavy atom. The van der Waals surface area contributed by atoms with Crippen molar-refractivity contribution in [2.45, 2.75) is 0 Å². The molecule has 0 saturated heterocycles. The van der Waals surface area contributed by atoms with Gasteiger partial charge in [-0.05, 0) is 22.6 Å². The minimum absolute atomic E-state index is 0. The fourth-order valence-electron chi connectivity index (χ4n) is 0.282. The monoisotopic (exact) mass is 144 g/mol. The highest BCUT2D eigenvalue weighted by Gasteiger charge is 1.68. The number of halogens is 1. The van der Waals surface area contributed by atoms with Crippen LogP contribution in [-0.4, -0.2) is 0 Å². The van der Waals surface area contributed by atoms with Crippen molar-refractivity contribution >= 4 is 12.4 Å². The quantitative estimate of drug-likeness (QED) is 0.501. The van der Waals surface area contributed by atoms with Crippen LogP contribution in [0, 0.1) is 0 Å². The van der Waals surface area contributed by atoms with Crippen molar-refractivity contribution in [1.29, 1.82) is 0 Å². The van der Waals surface area contributed by atoms with E-state index in [2.05, 4.69) is 20.7 Å². The van der Waals surface area contributed by atoms with Crippen molar-refractivity contribution in [3.8, 4) is 0 Å². The lowest BCUT2D eigenvalue weighted by atomic mass is 10.6. The average Bonchev–Trinajstić information content (AvgIpc) is 1.62. The Bertz CT molecular complexity index is 113. The first kappa shape index (κ1) is 7.97. The van der Waals surface area contributed by atoms with Crippen LogP contribution in [0.4, 0.5) is 0 Å². The molecular formula is C4H5ClN4. The molecule has 0 unspecified atom stereocenters. The first-order valence-corrected chi connectivity index (χ1v) is 2.12. The largest absolute Gasteiger partial charge is 0.147 e. The molecule has 0 spiro atoms. The minimum Gasteiger partial charge on any atom is -0.147 e. The van der Waals surface area contributed by atoms with Crippen LogP contribution in [0.15, 0.2) is 45.2 Å². The normalized spacial score (nSPS) is 21.3. The van der Waals surface area contributed by atoms with Crippen molar-refractivity contribution in [3.63, 3.8) is 0 Å². The van der Waals surface area contributed by atoms with Gasteiger partial charge in [0.2, 0.25) is 0 Å². The molecule has 1 aliphatic heterocycles. The third-order valence-electron chi connectivity index (χ3n) is 0.560. The van der Waals surface area contributed by atoms with Gasteiger partial charge in [0.25, 0.3) is 0 Å². The number of hydrogen-bond donors (Lipinski definition) is 0. The van der Waals surface area contributed by atoms with Gasteiger partial charge >= 0.3 is 0 Å². The SMILES string of the molecule is C1=C\N=NN=N\C=C/1.Cl. The molecular weight excluding hydrogens is 140 g/mol. The van der Waals surface area contributed by atoms with E-state index in [-0.39, 0.29) is 12.4 Å². The van der Waals surface area contributed by atoms with E-state index in [0.29, 0.717) is 0 Å². The van der Waals surface area contributed by atoms with E-state index < -0.39 is 0 Å². The van der Waals surface area contributed by atoms with Crippen molar-refractivity contribution in [2.75, 3.05) is 0 Å². The number of hydrogen-bond acceptors (Lipinski definition) is 4. The van der Waals surface area contributed by atoms with Gasteiger partial charge in [0, 0.05) is 0 Å². The number of nitrogens with zero attached hydrogens (tertiary/aromatic N) is 4. The standard InChI is InChI=1S/C4H4N4.ClH/c1-2-4-6-8-7-5-3-1;/h1-4H;1H/b2-1?,3-1-,4-2-,5-3?,6-4?,7-5?,8-6?,8-7?;. The number of allylic oxidation sites excluding steroid dienone is 2. The second-order valence-corrected chi connectivity index (χ2v) is 1.09. The second-order valence-electron chi connectivity index (χ2n) is 1.09. The number of rotatable bonds is 0. The second kappa shape index (κ2) is 5.11. The molecule has 0 saturated carbocycles. The molecule has 1 rings (SSSR count). The molecule has 9 heavy (non-hydrogen) atoms. The predicted octanol–water partition coefficient (Wildman–Crippen LogP) is 2.27. The van der Waals surface area contributed by atoms with Crippen LogP contribution in [0.2, 0.25) is 0 Å². The van der Waals surface area contributed by atoms with Crippen molar-refractivity contribution in [1.82, 2.24) is 0 Å². The van der Waals surface area contributed by atoms with Crippen molar-refractivity contribution in [3.05, 3.63) is 24.6 Å². The van der Waals surface area contributed by atoms with E-state index in [1.54, 1.807) is 12.2 Å². The first-order valence-electron chi connectivity index (χ1n) is 2.12. The molecule has 5 heteroatoms. The Labute approximate surface area is 58.5 Å². The summed E-state index contributed by atoms with van der Waals surface area (Å²) in [6.45, 7) is 0. The minimum atomic E-state index is 0. The Balaban J connectivity index is 0.000000640. The van der Waals surface area contributed by atoms with Crippen molar-refractivity contribution in [2.24, 2.45) is 20.7 Å². The summed E-state index contributed by atoms with van der Waals surface area (Å²) in [6, 6.07) is 0. The van der Waals surface area contributed by atoms with Gasteiger partial charge in [-0.25, -0.2) is 0 Å². The molecule has 0 atom stereocenters. The molecule has 0 aromatic carbocycles. The summed E-state index contributed by atoms with van der Waals surface area (Å²) in [5, 5.41) is 13.5. The van der Waals surface area contributed by atoms with Gasteiger partial charge in [0.1, 0.15) is 0 Å². The molecule has 0 radical (unpaired) electrons. The molecule has 0 aromatic rings. The highest BCUT2D eigenvalue weighted by molar-refractivity contribution is 5.85. The van der Waals surface area contributed by atoms with Crippen LogP contribution in [0.25, 0.3) is 0 Å². The molecule has 1 heterocycles. The van der Waals surface area contributed by atoms with Gasteiger partial charge in [-0.3, -0.25) is 0 Å². The molecule has 4 nitrogen and oxygen atoms in total. The lowest BCUT2D eigenvalue weighted by Crippen LogP contribution is -1.54. The van der Waals surface area contributed by atoms with Crippen LogP contribution in [0.5, 0.6) is 0 Å². The zero-order chi connectivity index (χ0) is 5.66. The van der Waals surface area contributed by atoms with E-state index in [1.807, 2.05) is 0 Å². The zero-order valence-electron chi connectivity index (χ0n) is 4.51. The fourth-order valence-corrected chi connectivity index (χ4v) is 0.282. The lowest BCUT2D eigenvalue weighted by molar-refractivity contribution is 0.947. The summed E-state index contributed by atoms with van der Waals surface area (Å²) in [6.07, 6.45) is 6.52. The van der Waals surface area contributed by atoms with Gasteiger partial charge in [0.05, 0.1) is 12.4 Å². The molecule has 0 N–H and O–H groups in total. The van der Waals surface area contributed by atoms with Gasteiger partial charge < -0.3 is 0 Å². The molecule has 0 aliphatic carbocycles. The van der Waals surface area contributed by atoms with Crippen LogP contribution in [0.3, 0.4) is 0 Å². The van der Waals surface area contributed by atoms with E-state index in [0.717, 1.165) is 0 Å². The van der Waals surface area contributed by atoms with Gasteiger partial charge in [-0.2, -0.15) is 0 Å². The summed E-state index contributed by atoms with van der Waals surface area (Å²) in [7, 11) is 0. The summed E-state index contributed by atoms with van der Waals surface area (Å²) >= 11 is 0. The summed E-state index contributed by atoms with van der Waals surface area (Å²) < 4.78 is 0. The van der Waals surface area contributed by atoms with E-state index in [1.165, 1.54) is 12.4 Å². The smallest absolute Gasteiger partial charge is 0.0515 e. The Hall–Kier alpha value is -1.03. The highest BCUT2D eigenvalue weighted by Crippen LogP contribution is 1.88. The van der Waals surface area contributed by atoms with E-state index in [9.17, 15) is 0 Å². The molecule has 0 aromatic heterocycles. The topological polar surface area (TPSA) is 49.4 Å². The third-order valence-corrected chi connectivity index (χ3v) is 0.560.